The van der Waals surface area contributed by atoms with Gasteiger partial charge in [0, 0.05) is 37.0 Å². The highest BCUT2D eigenvalue weighted by atomic mass is 19.1. The molecule has 0 bridgehead atoms. The fourth-order valence-electron chi connectivity index (χ4n) is 4.07. The lowest BCUT2D eigenvalue weighted by atomic mass is 9.95. The third kappa shape index (κ3) is 3.99. The van der Waals surface area contributed by atoms with Crippen LogP contribution in [0.15, 0.2) is 36.7 Å². The average Bonchev–Trinajstić information content (AvgIpc) is 3.35. The molecule has 6 nitrogen and oxygen atoms in total. The Kier molecular flexibility index (Phi) is 5.52. The predicted molar refractivity (Wildman–Crippen MR) is 105 cm³/mol. The highest BCUT2D eigenvalue weighted by Crippen LogP contribution is 2.28. The summed E-state index contributed by atoms with van der Waals surface area (Å²) < 4.78 is 18.2. The third-order valence-corrected chi connectivity index (χ3v) is 5.58. The maximum atomic E-state index is 14.1. The first-order valence-corrected chi connectivity index (χ1v) is 10.0. The van der Waals surface area contributed by atoms with E-state index in [-0.39, 0.29) is 5.82 Å². The third-order valence-electron chi connectivity index (χ3n) is 5.58. The zero-order valence-corrected chi connectivity index (χ0v) is 16.6. The van der Waals surface area contributed by atoms with Crippen LogP contribution in [0.1, 0.15) is 48.5 Å². The molecule has 148 valence electrons. The Morgan fingerprint density at radius 1 is 1.14 bits per heavy atom. The monoisotopic (exact) mass is 382 g/mol. The lowest BCUT2D eigenvalue weighted by Crippen LogP contribution is -2.33. The number of hydrogen-bond donors (Lipinski definition) is 0. The average molecular weight is 382 g/mol. The summed E-state index contributed by atoms with van der Waals surface area (Å²) in [6.45, 7) is 8.20. The van der Waals surface area contributed by atoms with E-state index in [1.165, 1.54) is 0 Å². The SMILES string of the molecule is CCn1c(Cn2cccn2)nnc1C1CCN(Cc2cc(C)ccc2F)CC1. The number of piperidine rings is 1. The minimum Gasteiger partial charge on any atom is -0.313 e. The molecule has 0 radical (unpaired) electrons. The Morgan fingerprint density at radius 2 is 1.96 bits per heavy atom. The van der Waals surface area contributed by atoms with Crippen molar-refractivity contribution >= 4 is 0 Å². The van der Waals surface area contributed by atoms with Crippen molar-refractivity contribution in [3.05, 3.63) is 65.3 Å². The van der Waals surface area contributed by atoms with E-state index < -0.39 is 0 Å². The number of aromatic nitrogens is 5. The second-order valence-electron chi connectivity index (χ2n) is 7.57. The fraction of sp³-hybridized carbons (Fsp3) is 0.476. The molecule has 3 aromatic rings. The summed E-state index contributed by atoms with van der Waals surface area (Å²) in [6, 6.07) is 7.27. The van der Waals surface area contributed by atoms with Crippen molar-refractivity contribution in [1.29, 1.82) is 0 Å². The van der Waals surface area contributed by atoms with E-state index in [0.717, 1.165) is 55.3 Å². The number of halogens is 1. The smallest absolute Gasteiger partial charge is 0.154 e. The molecule has 0 aliphatic carbocycles. The van der Waals surface area contributed by atoms with E-state index in [0.29, 0.717) is 19.0 Å². The van der Waals surface area contributed by atoms with Crippen molar-refractivity contribution in [1.82, 2.24) is 29.4 Å². The molecule has 1 aliphatic heterocycles. The van der Waals surface area contributed by atoms with Gasteiger partial charge in [-0.2, -0.15) is 5.10 Å². The summed E-state index contributed by atoms with van der Waals surface area (Å²) in [7, 11) is 0. The van der Waals surface area contributed by atoms with Gasteiger partial charge in [-0.3, -0.25) is 9.58 Å². The lowest BCUT2D eigenvalue weighted by molar-refractivity contribution is 0.198. The lowest BCUT2D eigenvalue weighted by Gasteiger charge is -2.31. The molecule has 0 saturated carbocycles. The maximum absolute atomic E-state index is 14.1. The molecule has 0 atom stereocenters. The number of nitrogens with zero attached hydrogens (tertiary/aromatic N) is 6. The molecule has 1 aliphatic rings. The first kappa shape index (κ1) is 18.8. The van der Waals surface area contributed by atoms with Crippen LogP contribution >= 0.6 is 0 Å². The van der Waals surface area contributed by atoms with Crippen LogP contribution < -0.4 is 0 Å². The summed E-state index contributed by atoms with van der Waals surface area (Å²) in [5.41, 5.74) is 1.89. The topological polar surface area (TPSA) is 51.8 Å². The van der Waals surface area contributed by atoms with Crippen molar-refractivity contribution < 1.29 is 4.39 Å². The quantitative estimate of drug-likeness (QED) is 0.656. The van der Waals surface area contributed by atoms with Crippen LogP contribution in [0.2, 0.25) is 0 Å². The molecule has 4 rings (SSSR count). The van der Waals surface area contributed by atoms with Gasteiger partial charge in [0.1, 0.15) is 18.2 Å². The molecule has 7 heteroatoms. The van der Waals surface area contributed by atoms with Gasteiger partial charge in [-0.25, -0.2) is 4.39 Å². The molecule has 2 aromatic heterocycles. The van der Waals surface area contributed by atoms with E-state index in [1.54, 1.807) is 12.3 Å². The summed E-state index contributed by atoms with van der Waals surface area (Å²) in [5, 5.41) is 13.2. The molecule has 3 heterocycles. The molecule has 1 aromatic carbocycles. The molecule has 0 unspecified atom stereocenters. The number of rotatable bonds is 6. The molecular formula is C21H27FN6. The number of hydrogen-bond acceptors (Lipinski definition) is 4. The highest BCUT2D eigenvalue weighted by molar-refractivity contribution is 5.24. The van der Waals surface area contributed by atoms with Crippen LogP contribution in [0.5, 0.6) is 0 Å². The molecule has 0 spiro atoms. The van der Waals surface area contributed by atoms with E-state index in [9.17, 15) is 4.39 Å². The maximum Gasteiger partial charge on any atom is 0.154 e. The van der Waals surface area contributed by atoms with Gasteiger partial charge in [-0.05, 0) is 51.9 Å². The van der Waals surface area contributed by atoms with E-state index >= 15 is 0 Å². The molecule has 28 heavy (non-hydrogen) atoms. The van der Waals surface area contributed by atoms with Crippen LogP contribution in [-0.4, -0.2) is 42.5 Å². The van der Waals surface area contributed by atoms with Gasteiger partial charge in [0.05, 0.1) is 0 Å². The minimum absolute atomic E-state index is 0.110. The Balaban J connectivity index is 1.41. The summed E-state index contributed by atoms with van der Waals surface area (Å²) in [4.78, 5) is 2.34. The van der Waals surface area contributed by atoms with E-state index in [2.05, 4.69) is 31.7 Å². The molecule has 1 saturated heterocycles. The molecule has 0 N–H and O–H groups in total. The van der Waals surface area contributed by atoms with Crippen LogP contribution in [0, 0.1) is 12.7 Å². The number of benzene rings is 1. The van der Waals surface area contributed by atoms with Crippen LogP contribution in [-0.2, 0) is 19.6 Å². The number of aryl methyl sites for hydroxylation is 1. The Labute approximate surface area is 165 Å². The summed E-state index contributed by atoms with van der Waals surface area (Å²) >= 11 is 0. The van der Waals surface area contributed by atoms with Crippen molar-refractivity contribution in [3.8, 4) is 0 Å². The largest absolute Gasteiger partial charge is 0.313 e. The second-order valence-corrected chi connectivity index (χ2v) is 7.57. The fourth-order valence-corrected chi connectivity index (χ4v) is 4.07. The van der Waals surface area contributed by atoms with Crippen molar-refractivity contribution in [3.63, 3.8) is 0 Å². The molecular weight excluding hydrogens is 355 g/mol. The normalized spacial score (nSPS) is 16.0. The molecule has 0 amide bonds. The van der Waals surface area contributed by atoms with Crippen molar-refractivity contribution in [2.75, 3.05) is 13.1 Å². The minimum atomic E-state index is -0.110. The van der Waals surface area contributed by atoms with Gasteiger partial charge in [0.25, 0.3) is 0 Å². The second kappa shape index (κ2) is 8.22. The van der Waals surface area contributed by atoms with E-state index in [1.807, 2.05) is 36.0 Å². The first-order valence-electron chi connectivity index (χ1n) is 10.0. The Hall–Kier alpha value is -2.54. The number of likely N-dealkylation sites (tertiary alicyclic amines) is 1. The standard InChI is InChI=1S/C21H27FN6/c1-3-28-20(15-27-10-4-9-23-27)24-25-21(28)17-7-11-26(12-8-17)14-18-13-16(2)5-6-19(18)22/h4-6,9-10,13,17H,3,7-8,11-12,14-15H2,1-2H3. The van der Waals surface area contributed by atoms with Gasteiger partial charge in [0.2, 0.25) is 0 Å². The summed E-state index contributed by atoms with van der Waals surface area (Å²) in [6.07, 6.45) is 5.76. The molecule has 1 fully saturated rings. The van der Waals surface area contributed by atoms with Crippen molar-refractivity contribution in [2.24, 2.45) is 0 Å². The highest BCUT2D eigenvalue weighted by Gasteiger charge is 2.26. The summed E-state index contributed by atoms with van der Waals surface area (Å²) in [5.74, 6) is 2.32. The van der Waals surface area contributed by atoms with Crippen LogP contribution in [0.25, 0.3) is 0 Å². The van der Waals surface area contributed by atoms with Crippen LogP contribution in [0.4, 0.5) is 4.39 Å². The predicted octanol–water partition coefficient (Wildman–Crippen LogP) is 3.37. The van der Waals surface area contributed by atoms with Gasteiger partial charge < -0.3 is 4.57 Å². The van der Waals surface area contributed by atoms with Gasteiger partial charge in [-0.1, -0.05) is 17.7 Å². The van der Waals surface area contributed by atoms with Crippen LogP contribution in [0.3, 0.4) is 0 Å². The van der Waals surface area contributed by atoms with Gasteiger partial charge >= 0.3 is 0 Å². The van der Waals surface area contributed by atoms with Gasteiger partial charge in [-0.15, -0.1) is 10.2 Å². The Bertz CT molecular complexity index is 909. The van der Waals surface area contributed by atoms with Crippen molar-refractivity contribution in [2.45, 2.75) is 52.2 Å². The van der Waals surface area contributed by atoms with E-state index in [4.69, 9.17) is 0 Å². The zero-order chi connectivity index (χ0) is 19.5. The van der Waals surface area contributed by atoms with Gasteiger partial charge in [0.15, 0.2) is 5.82 Å². The zero-order valence-electron chi connectivity index (χ0n) is 16.6. The Morgan fingerprint density at radius 3 is 2.68 bits per heavy atom. The first-order chi connectivity index (χ1) is 13.6.